The summed E-state index contributed by atoms with van der Waals surface area (Å²) in [6, 6.07) is 12.1. The van der Waals surface area contributed by atoms with Crippen molar-refractivity contribution in [3.05, 3.63) is 51.6 Å². The van der Waals surface area contributed by atoms with Crippen molar-refractivity contribution in [1.29, 1.82) is 0 Å². The number of aromatic hydroxyl groups is 1. The van der Waals surface area contributed by atoms with Crippen molar-refractivity contribution in [3.63, 3.8) is 0 Å². The van der Waals surface area contributed by atoms with Crippen LogP contribution in [0.25, 0.3) is 0 Å². The lowest BCUT2D eigenvalue weighted by Crippen LogP contribution is -2.24. The summed E-state index contributed by atoms with van der Waals surface area (Å²) >= 11 is 2.01. The molecule has 0 aliphatic rings. The van der Waals surface area contributed by atoms with Crippen LogP contribution in [0.15, 0.2) is 47.6 Å². The van der Waals surface area contributed by atoms with Gasteiger partial charge in [-0.15, -0.1) is 0 Å². The zero-order valence-corrected chi connectivity index (χ0v) is 14.5. The van der Waals surface area contributed by atoms with E-state index >= 15 is 0 Å². The summed E-state index contributed by atoms with van der Waals surface area (Å²) in [6.07, 6.45) is 1.49. The van der Waals surface area contributed by atoms with Crippen LogP contribution in [0.4, 0.5) is 0 Å². The van der Waals surface area contributed by atoms with Crippen LogP contribution in [0, 0.1) is 3.57 Å². The third-order valence-electron chi connectivity index (χ3n) is 2.80. The molecule has 6 nitrogen and oxygen atoms in total. The summed E-state index contributed by atoms with van der Waals surface area (Å²) in [5.74, 6) is 0.863. The summed E-state index contributed by atoms with van der Waals surface area (Å²) in [4.78, 5) is 11.7. The fourth-order valence-electron chi connectivity index (χ4n) is 1.70. The van der Waals surface area contributed by atoms with Crippen LogP contribution in [0.5, 0.6) is 17.2 Å². The van der Waals surface area contributed by atoms with Crippen LogP contribution < -0.4 is 14.9 Å². The number of rotatable bonds is 6. The molecule has 0 atom stereocenters. The molecule has 0 radical (unpaired) electrons. The smallest absolute Gasteiger partial charge is 0.277 e. The van der Waals surface area contributed by atoms with E-state index in [2.05, 4.69) is 10.5 Å². The van der Waals surface area contributed by atoms with Crippen LogP contribution in [0.3, 0.4) is 0 Å². The fourth-order valence-corrected chi connectivity index (χ4v) is 2.24. The van der Waals surface area contributed by atoms with E-state index < -0.39 is 0 Å². The molecular weight excluding hydrogens is 411 g/mol. The Morgan fingerprint density at radius 2 is 2.04 bits per heavy atom. The maximum Gasteiger partial charge on any atom is 0.277 e. The number of para-hydroxylation sites is 2. The standard InChI is InChI=1S/C16H15IN2O4/c1-22-14-4-2-3-5-15(14)23-10-16(21)19-18-9-11-6-7-13(20)12(17)8-11/h2-9,20H,10H2,1H3,(H,19,21)/b18-9+. The summed E-state index contributed by atoms with van der Waals surface area (Å²) in [6.45, 7) is -0.176. The summed E-state index contributed by atoms with van der Waals surface area (Å²) in [5, 5.41) is 13.3. The molecule has 0 aliphatic heterocycles. The molecule has 0 saturated heterocycles. The number of benzene rings is 2. The Balaban J connectivity index is 1.85. The Labute approximate surface area is 147 Å². The summed E-state index contributed by atoms with van der Waals surface area (Å²) in [7, 11) is 1.53. The second kappa shape index (κ2) is 8.37. The highest BCUT2D eigenvalue weighted by Gasteiger charge is 2.06. The fraction of sp³-hybridized carbons (Fsp3) is 0.125. The topological polar surface area (TPSA) is 80.2 Å². The van der Waals surface area contributed by atoms with E-state index in [0.717, 1.165) is 5.56 Å². The van der Waals surface area contributed by atoms with Gasteiger partial charge in [0, 0.05) is 0 Å². The first-order valence-electron chi connectivity index (χ1n) is 6.66. The molecule has 2 rings (SSSR count). The zero-order valence-electron chi connectivity index (χ0n) is 12.3. The van der Waals surface area contributed by atoms with Gasteiger partial charge in [-0.25, -0.2) is 5.43 Å². The number of halogens is 1. The first-order chi connectivity index (χ1) is 11.1. The van der Waals surface area contributed by atoms with Gasteiger partial charge in [-0.1, -0.05) is 12.1 Å². The number of hydrogen-bond donors (Lipinski definition) is 2. The summed E-state index contributed by atoms with van der Waals surface area (Å²) < 4.78 is 11.2. The first kappa shape index (κ1) is 17.1. The van der Waals surface area contributed by atoms with Crippen molar-refractivity contribution in [3.8, 4) is 17.2 Å². The van der Waals surface area contributed by atoms with Gasteiger partial charge >= 0.3 is 0 Å². The van der Waals surface area contributed by atoms with E-state index in [4.69, 9.17) is 9.47 Å². The number of methoxy groups -OCH3 is 1. The van der Waals surface area contributed by atoms with Crippen molar-refractivity contribution in [2.45, 2.75) is 0 Å². The Morgan fingerprint density at radius 1 is 1.30 bits per heavy atom. The number of phenols is 1. The zero-order chi connectivity index (χ0) is 16.7. The number of phenolic OH excluding ortho intramolecular Hbond substituents is 1. The van der Waals surface area contributed by atoms with Gasteiger partial charge in [-0.3, -0.25) is 4.79 Å². The number of carbonyl (C=O) groups is 1. The van der Waals surface area contributed by atoms with Gasteiger partial charge in [0.2, 0.25) is 0 Å². The van der Waals surface area contributed by atoms with Crippen LogP contribution in [0.2, 0.25) is 0 Å². The first-order valence-corrected chi connectivity index (χ1v) is 7.74. The predicted molar refractivity (Wildman–Crippen MR) is 95.0 cm³/mol. The lowest BCUT2D eigenvalue weighted by atomic mass is 10.2. The van der Waals surface area contributed by atoms with Gasteiger partial charge < -0.3 is 14.6 Å². The molecule has 23 heavy (non-hydrogen) atoms. The monoisotopic (exact) mass is 426 g/mol. The van der Waals surface area contributed by atoms with Gasteiger partial charge in [0.05, 0.1) is 16.9 Å². The second-order valence-corrected chi connectivity index (χ2v) is 5.61. The highest BCUT2D eigenvalue weighted by Crippen LogP contribution is 2.25. The molecule has 0 aliphatic carbocycles. The number of carbonyl (C=O) groups excluding carboxylic acids is 1. The number of nitrogens with zero attached hydrogens (tertiary/aromatic N) is 1. The molecular formula is C16H15IN2O4. The van der Waals surface area contributed by atoms with Gasteiger partial charge in [-0.05, 0) is 58.5 Å². The minimum atomic E-state index is -0.388. The van der Waals surface area contributed by atoms with Gasteiger partial charge in [0.1, 0.15) is 5.75 Å². The van der Waals surface area contributed by atoms with E-state index in [1.165, 1.54) is 13.3 Å². The van der Waals surface area contributed by atoms with E-state index in [9.17, 15) is 9.90 Å². The number of hydrazone groups is 1. The Morgan fingerprint density at radius 3 is 2.74 bits per heavy atom. The molecule has 2 aromatic carbocycles. The molecule has 0 aromatic heterocycles. The highest BCUT2D eigenvalue weighted by molar-refractivity contribution is 14.1. The van der Waals surface area contributed by atoms with Crippen molar-refractivity contribution in [1.82, 2.24) is 5.43 Å². The number of nitrogens with one attached hydrogen (secondary N) is 1. The molecule has 2 N–H and O–H groups in total. The van der Waals surface area contributed by atoms with Crippen LogP contribution in [0.1, 0.15) is 5.56 Å². The quantitative estimate of drug-likeness (QED) is 0.423. The predicted octanol–water partition coefficient (Wildman–Crippen LogP) is 2.53. The van der Waals surface area contributed by atoms with Crippen molar-refractivity contribution >= 4 is 34.7 Å². The maximum atomic E-state index is 11.7. The van der Waals surface area contributed by atoms with Crippen LogP contribution in [-0.4, -0.2) is 30.9 Å². The molecule has 1 amide bonds. The largest absolute Gasteiger partial charge is 0.507 e. The third-order valence-corrected chi connectivity index (χ3v) is 3.67. The van der Waals surface area contributed by atoms with E-state index in [-0.39, 0.29) is 18.3 Å². The molecule has 0 bridgehead atoms. The van der Waals surface area contributed by atoms with E-state index in [0.29, 0.717) is 15.1 Å². The maximum absolute atomic E-state index is 11.7. The Kier molecular flexibility index (Phi) is 6.21. The number of hydrogen-bond acceptors (Lipinski definition) is 5. The van der Waals surface area contributed by atoms with Crippen molar-refractivity contribution < 1.29 is 19.4 Å². The molecule has 0 fully saturated rings. The van der Waals surface area contributed by atoms with Crippen molar-refractivity contribution in [2.24, 2.45) is 5.10 Å². The molecule has 2 aromatic rings. The second-order valence-electron chi connectivity index (χ2n) is 4.44. The number of amides is 1. The lowest BCUT2D eigenvalue weighted by molar-refractivity contribution is -0.123. The van der Waals surface area contributed by atoms with E-state index in [1.807, 2.05) is 28.7 Å². The third kappa shape index (κ3) is 5.13. The average molecular weight is 426 g/mol. The molecule has 120 valence electrons. The molecule has 0 unspecified atom stereocenters. The molecule has 0 heterocycles. The van der Waals surface area contributed by atoms with Gasteiger partial charge in [0.15, 0.2) is 18.1 Å². The van der Waals surface area contributed by atoms with Crippen LogP contribution >= 0.6 is 22.6 Å². The van der Waals surface area contributed by atoms with Gasteiger partial charge in [-0.2, -0.15) is 5.10 Å². The average Bonchev–Trinajstić information content (AvgIpc) is 2.56. The van der Waals surface area contributed by atoms with E-state index in [1.54, 1.807) is 36.4 Å². The highest BCUT2D eigenvalue weighted by atomic mass is 127. The Bertz CT molecular complexity index is 719. The minimum Gasteiger partial charge on any atom is -0.507 e. The molecule has 0 spiro atoms. The Hall–Kier alpha value is -2.29. The van der Waals surface area contributed by atoms with Crippen LogP contribution in [-0.2, 0) is 4.79 Å². The number of ether oxygens (including phenoxy) is 2. The SMILES string of the molecule is COc1ccccc1OCC(=O)N/N=C/c1ccc(O)c(I)c1. The normalized spacial score (nSPS) is 10.5. The molecule has 0 saturated carbocycles. The molecule has 7 heteroatoms. The lowest BCUT2D eigenvalue weighted by Gasteiger charge is -2.09. The summed E-state index contributed by atoms with van der Waals surface area (Å²) in [5.41, 5.74) is 3.13. The minimum absolute atomic E-state index is 0.176. The van der Waals surface area contributed by atoms with Gasteiger partial charge in [0.25, 0.3) is 5.91 Å². The van der Waals surface area contributed by atoms with Crippen molar-refractivity contribution in [2.75, 3.05) is 13.7 Å².